The molecule has 0 atom stereocenters. The summed E-state index contributed by atoms with van der Waals surface area (Å²) in [5, 5.41) is 8.77. The van der Waals surface area contributed by atoms with E-state index in [4.69, 9.17) is 10.00 Å². The van der Waals surface area contributed by atoms with Gasteiger partial charge >= 0.3 is 0 Å². The van der Waals surface area contributed by atoms with E-state index in [0.29, 0.717) is 24.5 Å². The molecule has 1 aromatic heterocycles. The standard InChI is InChI=1S/C20H19N3O2/c21-14-17-6-8-19(22-15-17)25-18-10-12-23(13-11-18)20(24)9-7-16-4-2-1-3-5-16/h1-9,15,18H,10-13H2. The monoisotopic (exact) mass is 333 g/mol. The zero-order valence-corrected chi connectivity index (χ0v) is 13.8. The molecule has 5 heteroatoms. The van der Waals surface area contributed by atoms with Crippen LogP contribution in [0.1, 0.15) is 24.0 Å². The molecule has 0 radical (unpaired) electrons. The van der Waals surface area contributed by atoms with Gasteiger partial charge in [0.05, 0.1) is 5.56 Å². The molecule has 0 spiro atoms. The minimum atomic E-state index is 0.0267. The van der Waals surface area contributed by atoms with E-state index < -0.39 is 0 Å². The zero-order chi connectivity index (χ0) is 17.5. The summed E-state index contributed by atoms with van der Waals surface area (Å²) in [6.07, 6.45) is 6.55. The van der Waals surface area contributed by atoms with Crippen molar-refractivity contribution in [3.63, 3.8) is 0 Å². The topological polar surface area (TPSA) is 66.2 Å². The van der Waals surface area contributed by atoms with Crippen LogP contribution < -0.4 is 4.74 Å². The lowest BCUT2D eigenvalue weighted by atomic mass is 10.1. The van der Waals surface area contributed by atoms with Crippen LogP contribution in [0.2, 0.25) is 0 Å². The van der Waals surface area contributed by atoms with E-state index >= 15 is 0 Å². The molecule has 1 aromatic carbocycles. The molecule has 0 aliphatic carbocycles. The van der Waals surface area contributed by atoms with Gasteiger partial charge < -0.3 is 9.64 Å². The van der Waals surface area contributed by atoms with Gasteiger partial charge in [0.2, 0.25) is 11.8 Å². The molecule has 0 N–H and O–H groups in total. The summed E-state index contributed by atoms with van der Waals surface area (Å²) in [5.41, 5.74) is 1.53. The van der Waals surface area contributed by atoms with Crippen LogP contribution in [-0.4, -0.2) is 35.0 Å². The highest BCUT2D eigenvalue weighted by molar-refractivity contribution is 5.91. The van der Waals surface area contributed by atoms with Gasteiger partial charge in [0.25, 0.3) is 0 Å². The highest BCUT2D eigenvalue weighted by Gasteiger charge is 2.23. The molecule has 2 aromatic rings. The molecule has 25 heavy (non-hydrogen) atoms. The second kappa shape index (κ2) is 8.11. The number of carbonyl (C=O) groups excluding carboxylic acids is 1. The van der Waals surface area contributed by atoms with Crippen LogP contribution in [-0.2, 0) is 4.79 Å². The molecule has 2 heterocycles. The number of hydrogen-bond acceptors (Lipinski definition) is 4. The molecule has 1 saturated heterocycles. The summed E-state index contributed by atoms with van der Waals surface area (Å²) >= 11 is 0. The van der Waals surface area contributed by atoms with Crippen molar-refractivity contribution in [2.75, 3.05) is 13.1 Å². The van der Waals surface area contributed by atoms with Crippen LogP contribution in [0, 0.1) is 11.3 Å². The summed E-state index contributed by atoms with van der Waals surface area (Å²) in [4.78, 5) is 18.2. The van der Waals surface area contributed by atoms with Crippen LogP contribution in [0.15, 0.2) is 54.7 Å². The Morgan fingerprint density at radius 3 is 2.60 bits per heavy atom. The maximum atomic E-state index is 12.3. The number of nitrogens with zero attached hydrogens (tertiary/aromatic N) is 3. The first-order chi connectivity index (χ1) is 12.2. The number of rotatable bonds is 4. The maximum Gasteiger partial charge on any atom is 0.246 e. The highest BCUT2D eigenvalue weighted by atomic mass is 16.5. The number of aromatic nitrogens is 1. The first kappa shape index (κ1) is 16.7. The lowest BCUT2D eigenvalue weighted by molar-refractivity contribution is -0.127. The number of nitriles is 1. The van der Waals surface area contributed by atoms with Gasteiger partial charge in [-0.15, -0.1) is 0 Å². The number of carbonyl (C=O) groups is 1. The Balaban J connectivity index is 1.48. The second-order valence-electron chi connectivity index (χ2n) is 5.88. The van der Waals surface area contributed by atoms with E-state index in [1.807, 2.05) is 47.4 Å². The smallest absolute Gasteiger partial charge is 0.246 e. The van der Waals surface area contributed by atoms with Crippen LogP contribution in [0.25, 0.3) is 6.08 Å². The van der Waals surface area contributed by atoms with Gasteiger partial charge in [-0.05, 0) is 17.7 Å². The Bertz CT molecular complexity index is 771. The van der Waals surface area contributed by atoms with E-state index in [1.165, 1.54) is 6.20 Å². The summed E-state index contributed by atoms with van der Waals surface area (Å²) in [6, 6.07) is 15.2. The summed E-state index contributed by atoms with van der Waals surface area (Å²) in [5.74, 6) is 0.548. The number of amides is 1. The molecule has 0 saturated carbocycles. The third-order valence-electron chi connectivity index (χ3n) is 4.12. The molecule has 5 nitrogen and oxygen atoms in total. The fraction of sp³-hybridized carbons (Fsp3) is 0.250. The normalized spacial score (nSPS) is 15.1. The number of likely N-dealkylation sites (tertiary alicyclic amines) is 1. The second-order valence-corrected chi connectivity index (χ2v) is 5.88. The molecule has 3 rings (SSSR count). The van der Waals surface area contributed by atoms with E-state index in [9.17, 15) is 4.79 Å². The SMILES string of the molecule is N#Cc1ccc(OC2CCN(C(=O)C=Cc3ccccc3)CC2)nc1. The van der Waals surface area contributed by atoms with Crippen molar-refractivity contribution >= 4 is 12.0 Å². The van der Waals surface area contributed by atoms with Crippen molar-refractivity contribution < 1.29 is 9.53 Å². The van der Waals surface area contributed by atoms with E-state index in [0.717, 1.165) is 18.4 Å². The summed E-state index contributed by atoms with van der Waals surface area (Å²) in [7, 11) is 0. The van der Waals surface area contributed by atoms with Gasteiger partial charge in [0, 0.05) is 44.3 Å². The largest absolute Gasteiger partial charge is 0.474 e. The highest BCUT2D eigenvalue weighted by Crippen LogP contribution is 2.18. The third-order valence-corrected chi connectivity index (χ3v) is 4.12. The molecule has 126 valence electrons. The Labute approximate surface area is 147 Å². The van der Waals surface area contributed by atoms with Gasteiger partial charge in [-0.3, -0.25) is 4.79 Å². The van der Waals surface area contributed by atoms with Crippen molar-refractivity contribution in [2.45, 2.75) is 18.9 Å². The van der Waals surface area contributed by atoms with Crippen LogP contribution >= 0.6 is 0 Å². The predicted molar refractivity (Wildman–Crippen MR) is 94.7 cm³/mol. The average Bonchev–Trinajstić information content (AvgIpc) is 2.68. The quantitative estimate of drug-likeness (QED) is 0.807. The summed E-state index contributed by atoms with van der Waals surface area (Å²) < 4.78 is 5.84. The minimum Gasteiger partial charge on any atom is -0.474 e. The molecular formula is C20H19N3O2. The first-order valence-corrected chi connectivity index (χ1v) is 8.29. The lowest BCUT2D eigenvalue weighted by Gasteiger charge is -2.31. The maximum absolute atomic E-state index is 12.3. The Morgan fingerprint density at radius 1 is 1.20 bits per heavy atom. The fourth-order valence-corrected chi connectivity index (χ4v) is 2.72. The van der Waals surface area contributed by atoms with Crippen molar-refractivity contribution in [1.82, 2.24) is 9.88 Å². The number of piperidine rings is 1. The average molecular weight is 333 g/mol. The van der Waals surface area contributed by atoms with Crippen LogP contribution in [0.5, 0.6) is 5.88 Å². The van der Waals surface area contributed by atoms with Crippen molar-refractivity contribution in [1.29, 1.82) is 5.26 Å². The number of ether oxygens (including phenoxy) is 1. The number of hydrogen-bond donors (Lipinski definition) is 0. The summed E-state index contributed by atoms with van der Waals surface area (Å²) in [6.45, 7) is 1.33. The van der Waals surface area contributed by atoms with Gasteiger partial charge in [-0.25, -0.2) is 4.98 Å². The van der Waals surface area contributed by atoms with Gasteiger partial charge in [-0.2, -0.15) is 5.26 Å². The van der Waals surface area contributed by atoms with Crippen molar-refractivity contribution in [3.05, 3.63) is 65.9 Å². The molecule has 1 aliphatic rings. The van der Waals surface area contributed by atoms with E-state index in [2.05, 4.69) is 4.98 Å². The van der Waals surface area contributed by atoms with Crippen molar-refractivity contribution in [3.8, 4) is 11.9 Å². The van der Waals surface area contributed by atoms with Crippen LogP contribution in [0.4, 0.5) is 0 Å². The molecular weight excluding hydrogens is 314 g/mol. The fourth-order valence-electron chi connectivity index (χ4n) is 2.72. The number of pyridine rings is 1. The van der Waals surface area contributed by atoms with E-state index in [1.54, 1.807) is 18.2 Å². The first-order valence-electron chi connectivity index (χ1n) is 8.29. The minimum absolute atomic E-state index is 0.0267. The van der Waals surface area contributed by atoms with Gasteiger partial charge in [0.1, 0.15) is 12.2 Å². The number of benzene rings is 1. The molecule has 1 fully saturated rings. The lowest BCUT2D eigenvalue weighted by Crippen LogP contribution is -2.41. The van der Waals surface area contributed by atoms with Gasteiger partial charge in [0.15, 0.2) is 0 Å². The van der Waals surface area contributed by atoms with E-state index in [-0.39, 0.29) is 12.0 Å². The Morgan fingerprint density at radius 2 is 1.96 bits per heavy atom. The molecule has 0 unspecified atom stereocenters. The Hall–Kier alpha value is -3.13. The molecule has 0 bridgehead atoms. The Kier molecular flexibility index (Phi) is 5.43. The molecule has 1 aliphatic heterocycles. The molecule has 1 amide bonds. The zero-order valence-electron chi connectivity index (χ0n) is 13.8. The van der Waals surface area contributed by atoms with Crippen molar-refractivity contribution in [2.24, 2.45) is 0 Å². The van der Waals surface area contributed by atoms with Gasteiger partial charge in [-0.1, -0.05) is 30.3 Å². The predicted octanol–water partition coefficient (Wildman–Crippen LogP) is 3.04. The van der Waals surface area contributed by atoms with Crippen LogP contribution in [0.3, 0.4) is 0 Å². The third kappa shape index (κ3) is 4.67.